The van der Waals surface area contributed by atoms with Crippen LogP contribution in [-0.2, 0) is 0 Å². The molecule has 0 saturated heterocycles. The molecule has 0 amide bonds. The first-order valence-electron chi connectivity index (χ1n) is 12.4. The summed E-state index contributed by atoms with van der Waals surface area (Å²) in [5.41, 5.74) is 19.5. The summed E-state index contributed by atoms with van der Waals surface area (Å²) < 4.78 is 7.80. The fourth-order valence-electron chi connectivity index (χ4n) is 5.45. The average molecular weight is 510 g/mol. The molecule has 7 heteroatoms. The Kier molecular flexibility index (Phi) is 5.86. The number of nitrogens with zero attached hydrogens (tertiary/aromatic N) is 3. The molecule has 3 aromatic carbocycles. The summed E-state index contributed by atoms with van der Waals surface area (Å²) in [5.74, 6) is 2.09. The zero-order chi connectivity index (χ0) is 25.7. The van der Waals surface area contributed by atoms with Gasteiger partial charge >= 0.3 is 0 Å². The van der Waals surface area contributed by atoms with E-state index in [4.69, 9.17) is 32.8 Å². The Hall–Kier alpha value is -3.87. The number of allylic oxidation sites excluding steroid dienone is 1. The topological polar surface area (TPSA) is 91.5 Å². The van der Waals surface area contributed by atoms with Gasteiger partial charge in [-0.15, -0.1) is 0 Å². The fraction of sp³-hybridized carbons (Fsp3) is 0.200. The number of nitrogens with two attached hydrogens (primary N) is 2. The number of hydrogen-bond donors (Lipinski definition) is 2. The van der Waals surface area contributed by atoms with Crippen LogP contribution in [-0.4, -0.2) is 27.5 Å². The summed E-state index contributed by atoms with van der Waals surface area (Å²) in [7, 11) is 1.67. The number of imidazole rings is 1. The monoisotopic (exact) mass is 509 g/mol. The summed E-state index contributed by atoms with van der Waals surface area (Å²) in [6.07, 6.45) is 6.81. The van der Waals surface area contributed by atoms with E-state index in [1.54, 1.807) is 7.11 Å². The first-order chi connectivity index (χ1) is 18.0. The number of halogens is 1. The molecular weight excluding hydrogens is 482 g/mol. The van der Waals surface area contributed by atoms with Gasteiger partial charge in [0, 0.05) is 22.2 Å². The van der Waals surface area contributed by atoms with Crippen LogP contribution < -0.4 is 16.2 Å². The van der Waals surface area contributed by atoms with Gasteiger partial charge in [-0.3, -0.25) is 4.40 Å². The van der Waals surface area contributed by atoms with Gasteiger partial charge in [0.25, 0.3) is 0 Å². The summed E-state index contributed by atoms with van der Waals surface area (Å²) in [6, 6.07) is 18.4. The number of aromatic nitrogens is 3. The number of fused-ring (bicyclic) bond motifs is 2. The lowest BCUT2D eigenvalue weighted by molar-refractivity contribution is 0.416. The number of methoxy groups -OCH3 is 1. The highest BCUT2D eigenvalue weighted by atomic mass is 35.5. The van der Waals surface area contributed by atoms with Gasteiger partial charge in [-0.25, -0.2) is 9.97 Å². The minimum Gasteiger partial charge on any atom is -0.496 e. The van der Waals surface area contributed by atoms with Crippen molar-refractivity contribution in [1.82, 2.24) is 14.4 Å². The van der Waals surface area contributed by atoms with Crippen LogP contribution in [0, 0.1) is 6.92 Å². The van der Waals surface area contributed by atoms with E-state index in [1.165, 1.54) is 5.57 Å². The Balaban J connectivity index is 1.60. The van der Waals surface area contributed by atoms with E-state index in [1.807, 2.05) is 43.5 Å². The van der Waals surface area contributed by atoms with Crippen LogP contribution in [0.2, 0.25) is 5.02 Å². The molecule has 1 unspecified atom stereocenters. The average Bonchev–Trinajstić information content (AvgIpc) is 3.26. The number of rotatable bonds is 4. The van der Waals surface area contributed by atoms with E-state index in [0.29, 0.717) is 10.8 Å². The van der Waals surface area contributed by atoms with Crippen molar-refractivity contribution in [3.05, 3.63) is 83.4 Å². The molecule has 0 radical (unpaired) electrons. The van der Waals surface area contributed by atoms with Gasteiger partial charge in [0.1, 0.15) is 28.6 Å². The summed E-state index contributed by atoms with van der Waals surface area (Å²) in [6.45, 7) is 2.02. The van der Waals surface area contributed by atoms with Crippen LogP contribution >= 0.6 is 11.6 Å². The smallest absolute Gasteiger partial charge is 0.150 e. The minimum atomic E-state index is 0.212. The van der Waals surface area contributed by atoms with E-state index >= 15 is 0 Å². The molecule has 1 atom stereocenters. The number of nitrogen functional groups attached to an aromatic ring is 1. The number of aryl methyl sites for hydroxylation is 1. The largest absolute Gasteiger partial charge is 0.496 e. The fourth-order valence-corrected chi connectivity index (χ4v) is 5.62. The molecule has 0 aliphatic heterocycles. The maximum Gasteiger partial charge on any atom is 0.150 e. The lowest BCUT2D eigenvalue weighted by Crippen LogP contribution is -2.21. The second-order valence-electron chi connectivity index (χ2n) is 9.54. The van der Waals surface area contributed by atoms with Crippen LogP contribution in [0.4, 0.5) is 5.82 Å². The van der Waals surface area contributed by atoms with Gasteiger partial charge in [-0.05, 0) is 66.3 Å². The van der Waals surface area contributed by atoms with Crippen molar-refractivity contribution < 1.29 is 4.74 Å². The third-order valence-electron chi connectivity index (χ3n) is 7.27. The van der Waals surface area contributed by atoms with E-state index in [0.717, 1.165) is 75.2 Å². The van der Waals surface area contributed by atoms with Gasteiger partial charge in [-0.2, -0.15) is 0 Å². The molecule has 1 aliphatic rings. The molecule has 4 N–H and O–H groups in total. The van der Waals surface area contributed by atoms with Crippen LogP contribution in [0.1, 0.15) is 30.8 Å². The molecule has 0 fully saturated rings. The maximum atomic E-state index is 6.51. The van der Waals surface area contributed by atoms with E-state index in [9.17, 15) is 0 Å². The third kappa shape index (κ3) is 3.93. The van der Waals surface area contributed by atoms with Crippen molar-refractivity contribution in [2.75, 3.05) is 12.8 Å². The van der Waals surface area contributed by atoms with Gasteiger partial charge in [-0.1, -0.05) is 54.1 Å². The molecule has 0 saturated carbocycles. The zero-order valence-electron chi connectivity index (χ0n) is 20.8. The number of ether oxygens (including phenoxy) is 1. The lowest BCUT2D eigenvalue weighted by Gasteiger charge is -2.20. The van der Waals surface area contributed by atoms with Crippen molar-refractivity contribution in [3.63, 3.8) is 0 Å². The molecular formula is C30H28ClN5O. The molecule has 0 bridgehead atoms. The normalized spacial score (nSPS) is 15.8. The van der Waals surface area contributed by atoms with Gasteiger partial charge in [0.15, 0.2) is 0 Å². The number of hydrogen-bond acceptors (Lipinski definition) is 5. The third-order valence-corrected chi connectivity index (χ3v) is 7.50. The number of anilines is 1. The van der Waals surface area contributed by atoms with Crippen molar-refractivity contribution in [3.8, 4) is 28.1 Å². The lowest BCUT2D eigenvalue weighted by atomic mass is 9.93. The Morgan fingerprint density at radius 1 is 1.03 bits per heavy atom. The van der Waals surface area contributed by atoms with Gasteiger partial charge in [0.2, 0.25) is 0 Å². The quantitative estimate of drug-likeness (QED) is 0.282. The molecule has 186 valence electrons. The van der Waals surface area contributed by atoms with E-state index in [2.05, 4.69) is 39.7 Å². The van der Waals surface area contributed by atoms with Gasteiger partial charge in [0.05, 0.1) is 19.0 Å². The Bertz CT molecular complexity index is 1700. The van der Waals surface area contributed by atoms with Crippen LogP contribution in [0.5, 0.6) is 5.75 Å². The highest BCUT2D eigenvalue weighted by molar-refractivity contribution is 6.31. The van der Waals surface area contributed by atoms with Crippen LogP contribution in [0.3, 0.4) is 0 Å². The molecule has 6 rings (SSSR count). The van der Waals surface area contributed by atoms with Crippen molar-refractivity contribution >= 4 is 39.3 Å². The van der Waals surface area contributed by atoms with Crippen LogP contribution in [0.15, 0.2) is 66.9 Å². The zero-order valence-corrected chi connectivity index (χ0v) is 21.6. The molecule has 0 spiro atoms. The van der Waals surface area contributed by atoms with Crippen molar-refractivity contribution in [2.45, 2.75) is 32.2 Å². The summed E-state index contributed by atoms with van der Waals surface area (Å²) in [5, 5.41) is 2.80. The molecule has 2 heterocycles. The first kappa shape index (κ1) is 23.5. The molecule has 5 aromatic rings. The predicted octanol–water partition coefficient (Wildman–Crippen LogP) is 6.66. The summed E-state index contributed by atoms with van der Waals surface area (Å²) in [4.78, 5) is 9.63. The SMILES string of the molecule is COc1ccc(Cl)cc1-c1ccc(-c2nc(C)n3c(C4=CCC(N)CC4)cnc(N)c23)c2ccccc12. The number of benzene rings is 3. The maximum absolute atomic E-state index is 6.51. The van der Waals surface area contributed by atoms with Crippen LogP contribution in [0.25, 0.3) is 44.2 Å². The predicted molar refractivity (Wildman–Crippen MR) is 152 cm³/mol. The van der Waals surface area contributed by atoms with Crippen molar-refractivity contribution in [2.24, 2.45) is 5.73 Å². The molecule has 37 heavy (non-hydrogen) atoms. The van der Waals surface area contributed by atoms with Gasteiger partial charge < -0.3 is 16.2 Å². The second kappa shape index (κ2) is 9.21. The second-order valence-corrected chi connectivity index (χ2v) is 9.97. The highest BCUT2D eigenvalue weighted by Gasteiger charge is 2.22. The van der Waals surface area contributed by atoms with E-state index < -0.39 is 0 Å². The highest BCUT2D eigenvalue weighted by Crippen LogP contribution is 2.42. The Labute approximate surface area is 220 Å². The molecule has 6 nitrogen and oxygen atoms in total. The Morgan fingerprint density at radius 3 is 2.51 bits per heavy atom. The van der Waals surface area contributed by atoms with Crippen molar-refractivity contribution in [1.29, 1.82) is 0 Å². The standard InChI is InChI=1S/C30H28ClN5O/c1-17-35-28(29-30(33)34-16-26(36(17)29)18-7-10-20(32)11-8-18)24-13-12-23(21-5-3-4-6-22(21)24)25-15-19(31)9-14-27(25)37-2/h3-7,9,12-16,20H,8,10-11,32H2,1-2H3,(H2,33,34). The summed E-state index contributed by atoms with van der Waals surface area (Å²) >= 11 is 6.37. The first-order valence-corrected chi connectivity index (χ1v) is 12.8. The molecule has 1 aliphatic carbocycles. The van der Waals surface area contributed by atoms with E-state index in [-0.39, 0.29) is 6.04 Å². The minimum absolute atomic E-state index is 0.212. The molecule has 2 aromatic heterocycles. The Morgan fingerprint density at radius 2 is 1.78 bits per heavy atom.